The van der Waals surface area contributed by atoms with Crippen LogP contribution in [0.1, 0.15) is 12.0 Å². The summed E-state index contributed by atoms with van der Waals surface area (Å²) in [5.74, 6) is 0. The molecule has 4 nitrogen and oxygen atoms in total. The molecule has 0 aliphatic heterocycles. The van der Waals surface area contributed by atoms with E-state index in [0.29, 0.717) is 23.6 Å². The Labute approximate surface area is 106 Å². The molecular weight excluding hydrogens is 232 g/mol. The summed E-state index contributed by atoms with van der Waals surface area (Å²) in [6, 6.07) is 11.2. The van der Waals surface area contributed by atoms with E-state index < -0.39 is 0 Å². The number of anilines is 1. The molecule has 0 aliphatic carbocycles. The summed E-state index contributed by atoms with van der Waals surface area (Å²) < 4.78 is 0. The Hall–Kier alpha value is -2.11. The van der Waals surface area contributed by atoms with Gasteiger partial charge in [0, 0.05) is 19.3 Å². The third-order valence-electron chi connectivity index (χ3n) is 2.15. The van der Waals surface area contributed by atoms with Gasteiger partial charge in [0.25, 0.3) is 0 Å². The van der Waals surface area contributed by atoms with Crippen molar-refractivity contribution in [2.24, 2.45) is 0 Å². The second-order valence-electron chi connectivity index (χ2n) is 3.45. The average molecular weight is 244 g/mol. The number of rotatable bonds is 3. The smallest absolute Gasteiger partial charge is 0.173 e. The maximum absolute atomic E-state index is 8.76. The van der Waals surface area contributed by atoms with E-state index in [0.717, 1.165) is 5.69 Å². The van der Waals surface area contributed by atoms with Crippen molar-refractivity contribution in [1.82, 2.24) is 4.90 Å². The van der Waals surface area contributed by atoms with Crippen LogP contribution in [0.25, 0.3) is 0 Å². The molecule has 0 amide bonds. The lowest BCUT2D eigenvalue weighted by molar-refractivity contribution is 0.523. The third kappa shape index (κ3) is 4.10. The van der Waals surface area contributed by atoms with Crippen LogP contribution >= 0.6 is 12.2 Å². The summed E-state index contributed by atoms with van der Waals surface area (Å²) in [6.45, 7) is 0.584. The van der Waals surface area contributed by atoms with Gasteiger partial charge in [0.1, 0.15) is 0 Å². The lowest BCUT2D eigenvalue weighted by Gasteiger charge is -2.19. The number of nitrogens with one attached hydrogen (secondary N) is 1. The van der Waals surface area contributed by atoms with Crippen LogP contribution in [-0.4, -0.2) is 23.6 Å². The topological polar surface area (TPSA) is 62.9 Å². The monoisotopic (exact) mass is 244 g/mol. The number of nitrogens with zero attached hydrogens (tertiary/aromatic N) is 3. The molecule has 0 heterocycles. The number of nitriles is 2. The van der Waals surface area contributed by atoms with Crippen LogP contribution in [0.3, 0.4) is 0 Å². The van der Waals surface area contributed by atoms with Crippen molar-refractivity contribution >= 4 is 23.0 Å². The largest absolute Gasteiger partial charge is 0.351 e. The number of hydrogen-bond donors (Lipinski definition) is 1. The molecule has 0 spiro atoms. The highest BCUT2D eigenvalue weighted by molar-refractivity contribution is 7.80. The van der Waals surface area contributed by atoms with Gasteiger partial charge in [0.05, 0.1) is 24.1 Å². The van der Waals surface area contributed by atoms with Crippen LogP contribution < -0.4 is 5.32 Å². The minimum Gasteiger partial charge on any atom is -0.351 e. The third-order valence-corrected chi connectivity index (χ3v) is 2.56. The van der Waals surface area contributed by atoms with Gasteiger partial charge in [-0.3, -0.25) is 0 Å². The normalized spacial score (nSPS) is 8.88. The zero-order valence-corrected chi connectivity index (χ0v) is 10.3. The van der Waals surface area contributed by atoms with E-state index in [4.69, 9.17) is 22.7 Å². The van der Waals surface area contributed by atoms with Gasteiger partial charge >= 0.3 is 0 Å². The average Bonchev–Trinajstić information content (AvgIpc) is 2.36. The lowest BCUT2D eigenvalue weighted by atomic mass is 10.2. The first-order valence-electron chi connectivity index (χ1n) is 5.06. The molecule has 17 heavy (non-hydrogen) atoms. The fraction of sp³-hybridized carbons (Fsp3) is 0.250. The van der Waals surface area contributed by atoms with Gasteiger partial charge in [-0.15, -0.1) is 0 Å². The summed E-state index contributed by atoms with van der Waals surface area (Å²) in [5, 5.41) is 20.8. The fourth-order valence-electron chi connectivity index (χ4n) is 1.20. The summed E-state index contributed by atoms with van der Waals surface area (Å²) in [4.78, 5) is 1.79. The number of benzene rings is 1. The van der Waals surface area contributed by atoms with Gasteiger partial charge in [-0.2, -0.15) is 10.5 Å². The van der Waals surface area contributed by atoms with Crippen LogP contribution in [0.4, 0.5) is 5.69 Å². The highest BCUT2D eigenvalue weighted by atomic mass is 32.1. The molecule has 1 N–H and O–H groups in total. The Bertz CT molecular complexity index is 484. The predicted molar refractivity (Wildman–Crippen MR) is 70.2 cm³/mol. The van der Waals surface area contributed by atoms with Gasteiger partial charge in [-0.25, -0.2) is 0 Å². The Morgan fingerprint density at radius 3 is 2.88 bits per heavy atom. The highest BCUT2D eigenvalue weighted by Crippen LogP contribution is 2.10. The van der Waals surface area contributed by atoms with E-state index in [2.05, 4.69) is 17.5 Å². The van der Waals surface area contributed by atoms with Gasteiger partial charge < -0.3 is 10.2 Å². The first-order valence-corrected chi connectivity index (χ1v) is 5.47. The maximum Gasteiger partial charge on any atom is 0.173 e. The quantitative estimate of drug-likeness (QED) is 0.825. The molecule has 0 radical (unpaired) electrons. The fourth-order valence-corrected chi connectivity index (χ4v) is 1.41. The Morgan fingerprint density at radius 2 is 2.24 bits per heavy atom. The molecule has 0 aromatic heterocycles. The van der Waals surface area contributed by atoms with Crippen molar-refractivity contribution in [2.75, 3.05) is 18.9 Å². The minimum absolute atomic E-state index is 0.427. The molecule has 5 heteroatoms. The molecule has 0 saturated carbocycles. The second-order valence-corrected chi connectivity index (χ2v) is 3.84. The van der Waals surface area contributed by atoms with E-state index in [1.54, 1.807) is 23.1 Å². The molecule has 1 aromatic carbocycles. The summed E-state index contributed by atoms with van der Waals surface area (Å²) >= 11 is 5.17. The SMILES string of the molecule is CN(CCC#N)C(=S)Nc1cccc(C#N)c1. The van der Waals surface area contributed by atoms with E-state index in [1.807, 2.05) is 13.1 Å². The molecule has 86 valence electrons. The van der Waals surface area contributed by atoms with Crippen LogP contribution in [0.15, 0.2) is 24.3 Å². The molecule has 0 atom stereocenters. The Morgan fingerprint density at radius 1 is 1.47 bits per heavy atom. The molecule has 1 rings (SSSR count). The van der Waals surface area contributed by atoms with Crippen molar-refractivity contribution in [3.05, 3.63) is 29.8 Å². The molecule has 0 saturated heterocycles. The molecule has 0 aliphatic rings. The maximum atomic E-state index is 8.76. The van der Waals surface area contributed by atoms with Crippen molar-refractivity contribution in [1.29, 1.82) is 10.5 Å². The van der Waals surface area contributed by atoms with Crippen molar-refractivity contribution in [3.63, 3.8) is 0 Å². The standard InChI is InChI=1S/C12H12N4S/c1-16(7-3-6-13)12(17)15-11-5-2-4-10(8-11)9-14/h2,4-5,8H,3,7H2,1H3,(H,15,17). The summed E-state index contributed by atoms with van der Waals surface area (Å²) in [7, 11) is 1.82. The number of hydrogen-bond acceptors (Lipinski definition) is 3. The predicted octanol–water partition coefficient (Wildman–Crippen LogP) is 2.10. The molecule has 1 aromatic rings. The van der Waals surface area contributed by atoms with E-state index in [1.165, 1.54) is 0 Å². The first kappa shape index (κ1) is 13.0. The molecule has 0 unspecified atom stereocenters. The van der Waals surface area contributed by atoms with E-state index >= 15 is 0 Å². The minimum atomic E-state index is 0.427. The van der Waals surface area contributed by atoms with Crippen LogP contribution in [0.5, 0.6) is 0 Å². The van der Waals surface area contributed by atoms with Gasteiger partial charge in [-0.05, 0) is 30.4 Å². The van der Waals surface area contributed by atoms with Crippen molar-refractivity contribution in [2.45, 2.75) is 6.42 Å². The zero-order valence-electron chi connectivity index (χ0n) is 9.47. The van der Waals surface area contributed by atoms with E-state index in [-0.39, 0.29) is 0 Å². The summed E-state index contributed by atoms with van der Waals surface area (Å²) in [6.07, 6.45) is 0.427. The van der Waals surface area contributed by atoms with Crippen LogP contribution in [0.2, 0.25) is 0 Å². The van der Waals surface area contributed by atoms with Gasteiger partial charge in [0.2, 0.25) is 0 Å². The zero-order chi connectivity index (χ0) is 12.7. The summed E-state index contributed by atoms with van der Waals surface area (Å²) in [5.41, 5.74) is 1.36. The molecule has 0 fully saturated rings. The first-order chi connectivity index (χ1) is 8.17. The number of thiocarbonyl (C=S) groups is 1. The second kappa shape index (κ2) is 6.47. The van der Waals surface area contributed by atoms with Crippen LogP contribution in [-0.2, 0) is 0 Å². The highest BCUT2D eigenvalue weighted by Gasteiger charge is 2.04. The molecular formula is C12H12N4S. The van der Waals surface area contributed by atoms with E-state index in [9.17, 15) is 0 Å². The lowest BCUT2D eigenvalue weighted by Crippen LogP contribution is -2.31. The van der Waals surface area contributed by atoms with Gasteiger partial charge in [0.15, 0.2) is 5.11 Å². The van der Waals surface area contributed by atoms with Crippen molar-refractivity contribution in [3.8, 4) is 12.1 Å². The van der Waals surface area contributed by atoms with Crippen LogP contribution in [0, 0.1) is 22.7 Å². The Balaban J connectivity index is 2.62. The van der Waals surface area contributed by atoms with Gasteiger partial charge in [-0.1, -0.05) is 6.07 Å². The Kier molecular flexibility index (Phi) is 4.93. The molecule has 0 bridgehead atoms. The van der Waals surface area contributed by atoms with Crippen molar-refractivity contribution < 1.29 is 0 Å².